The van der Waals surface area contributed by atoms with Crippen LogP contribution >= 0.6 is 0 Å². The van der Waals surface area contributed by atoms with E-state index in [9.17, 15) is 4.79 Å². The number of rotatable bonds is 4. The lowest BCUT2D eigenvalue weighted by atomic mass is 10.0. The number of nitrogens with two attached hydrogens (primary N) is 1. The maximum absolute atomic E-state index is 11.8. The van der Waals surface area contributed by atoms with Crippen molar-refractivity contribution >= 4 is 11.7 Å². The lowest BCUT2D eigenvalue weighted by Gasteiger charge is -2.37. The van der Waals surface area contributed by atoms with E-state index in [4.69, 9.17) is 19.9 Å². The van der Waals surface area contributed by atoms with Gasteiger partial charge in [0.15, 0.2) is 0 Å². The summed E-state index contributed by atoms with van der Waals surface area (Å²) in [5.74, 6) is 0.0910. The van der Waals surface area contributed by atoms with Crippen LogP contribution in [0.5, 0.6) is 5.75 Å². The zero-order chi connectivity index (χ0) is 15.4. The summed E-state index contributed by atoms with van der Waals surface area (Å²) in [5.41, 5.74) is 7.38. The minimum absolute atomic E-state index is 0.0116. The van der Waals surface area contributed by atoms with Gasteiger partial charge in [0, 0.05) is 31.9 Å². The molecule has 1 aromatic rings. The zero-order valence-electron chi connectivity index (χ0n) is 12.7. The minimum atomic E-state index is -0.411. The highest BCUT2D eigenvalue weighted by Gasteiger charge is 2.27. The van der Waals surface area contributed by atoms with Gasteiger partial charge in [0.05, 0.1) is 20.3 Å². The third-order valence-corrected chi connectivity index (χ3v) is 3.87. The molecule has 0 aromatic heterocycles. The molecule has 0 amide bonds. The van der Waals surface area contributed by atoms with Crippen molar-refractivity contribution in [2.45, 2.75) is 18.6 Å². The maximum atomic E-state index is 11.8. The summed E-state index contributed by atoms with van der Waals surface area (Å²) in [5, 5.41) is 0. The molecular weight excluding hydrogens is 272 g/mol. The normalized spacial score (nSPS) is 22.0. The Balaban J connectivity index is 2.26. The molecule has 2 rings (SSSR count). The van der Waals surface area contributed by atoms with Crippen LogP contribution in [-0.4, -0.2) is 52.5 Å². The molecule has 1 saturated heterocycles. The summed E-state index contributed by atoms with van der Waals surface area (Å²) >= 11 is 0. The van der Waals surface area contributed by atoms with Gasteiger partial charge in [-0.2, -0.15) is 0 Å². The largest absolute Gasteiger partial charge is 0.496 e. The molecule has 21 heavy (non-hydrogen) atoms. The third kappa shape index (κ3) is 3.28. The van der Waals surface area contributed by atoms with Gasteiger partial charge in [0.25, 0.3) is 0 Å². The standard InChI is InChI=1S/C15H22N2O4/c1-19-13-5-4-10(8-11(13)15(18)21-3)17-7-6-12(16)14(9-17)20-2/h4-5,8,12,14H,6-7,9,16H2,1-3H3. The van der Waals surface area contributed by atoms with E-state index in [1.807, 2.05) is 6.07 Å². The number of anilines is 1. The Morgan fingerprint density at radius 2 is 2.10 bits per heavy atom. The highest BCUT2D eigenvalue weighted by molar-refractivity contribution is 5.93. The second-order valence-electron chi connectivity index (χ2n) is 5.05. The lowest BCUT2D eigenvalue weighted by Crippen LogP contribution is -2.51. The number of hydrogen-bond donors (Lipinski definition) is 1. The van der Waals surface area contributed by atoms with Crippen LogP contribution in [-0.2, 0) is 9.47 Å². The van der Waals surface area contributed by atoms with Gasteiger partial charge in [-0.05, 0) is 24.6 Å². The van der Waals surface area contributed by atoms with Gasteiger partial charge in [0.1, 0.15) is 11.3 Å². The molecule has 1 fully saturated rings. The Labute approximate surface area is 124 Å². The Kier molecular flexibility index (Phi) is 5.03. The number of hydrogen-bond acceptors (Lipinski definition) is 6. The van der Waals surface area contributed by atoms with Crippen LogP contribution in [0.1, 0.15) is 16.8 Å². The topological polar surface area (TPSA) is 74.0 Å². The molecule has 2 unspecified atom stereocenters. The number of carbonyl (C=O) groups excluding carboxylic acids is 1. The summed E-state index contributed by atoms with van der Waals surface area (Å²) < 4.78 is 15.4. The number of esters is 1. The van der Waals surface area contributed by atoms with Crippen molar-refractivity contribution in [2.24, 2.45) is 5.73 Å². The number of nitrogens with zero attached hydrogens (tertiary/aromatic N) is 1. The predicted octanol–water partition coefficient (Wildman–Crippen LogP) is 1.03. The Bertz CT molecular complexity index is 506. The van der Waals surface area contributed by atoms with Crippen LogP contribution in [0, 0.1) is 0 Å². The number of piperidine rings is 1. The van der Waals surface area contributed by atoms with Crippen LogP contribution < -0.4 is 15.4 Å². The molecule has 1 aliphatic rings. The molecular formula is C15H22N2O4. The number of benzene rings is 1. The van der Waals surface area contributed by atoms with Crippen molar-refractivity contribution in [1.82, 2.24) is 0 Å². The first-order valence-electron chi connectivity index (χ1n) is 6.90. The van der Waals surface area contributed by atoms with Crippen LogP contribution in [0.2, 0.25) is 0 Å². The first kappa shape index (κ1) is 15.6. The molecule has 0 spiro atoms. The fourth-order valence-electron chi connectivity index (χ4n) is 2.58. The molecule has 2 N–H and O–H groups in total. The van der Waals surface area contributed by atoms with Crippen LogP contribution in [0.3, 0.4) is 0 Å². The minimum Gasteiger partial charge on any atom is -0.496 e. The monoisotopic (exact) mass is 294 g/mol. The molecule has 0 radical (unpaired) electrons. The van der Waals surface area contributed by atoms with Gasteiger partial charge in [-0.15, -0.1) is 0 Å². The average Bonchev–Trinajstić information content (AvgIpc) is 2.54. The maximum Gasteiger partial charge on any atom is 0.341 e. The van der Waals surface area contributed by atoms with Crippen molar-refractivity contribution in [3.63, 3.8) is 0 Å². The van der Waals surface area contributed by atoms with Gasteiger partial charge in [0.2, 0.25) is 0 Å². The van der Waals surface area contributed by atoms with Gasteiger partial charge >= 0.3 is 5.97 Å². The van der Waals surface area contributed by atoms with Crippen LogP contribution in [0.25, 0.3) is 0 Å². The molecule has 0 bridgehead atoms. The Hall–Kier alpha value is -1.79. The van der Waals surface area contributed by atoms with E-state index >= 15 is 0 Å². The predicted molar refractivity (Wildman–Crippen MR) is 79.9 cm³/mol. The average molecular weight is 294 g/mol. The van der Waals surface area contributed by atoms with Crippen molar-refractivity contribution in [3.05, 3.63) is 23.8 Å². The molecule has 6 nitrogen and oxygen atoms in total. The molecule has 0 aliphatic carbocycles. The van der Waals surface area contributed by atoms with Crippen LogP contribution in [0.15, 0.2) is 18.2 Å². The SMILES string of the molecule is COC(=O)c1cc(N2CCC(N)C(OC)C2)ccc1OC. The molecule has 2 atom stereocenters. The second-order valence-corrected chi connectivity index (χ2v) is 5.05. The Morgan fingerprint density at radius 3 is 2.71 bits per heavy atom. The smallest absolute Gasteiger partial charge is 0.341 e. The van der Waals surface area contributed by atoms with E-state index in [0.717, 1.165) is 18.7 Å². The number of methoxy groups -OCH3 is 3. The third-order valence-electron chi connectivity index (χ3n) is 3.87. The molecule has 6 heteroatoms. The summed E-state index contributed by atoms with van der Waals surface area (Å²) in [6, 6.07) is 5.53. The van der Waals surface area contributed by atoms with Gasteiger partial charge in [-0.25, -0.2) is 4.79 Å². The van der Waals surface area contributed by atoms with Gasteiger partial charge < -0.3 is 24.8 Å². The molecule has 0 saturated carbocycles. The number of ether oxygens (including phenoxy) is 3. The van der Waals surface area contributed by atoms with Crippen molar-refractivity contribution < 1.29 is 19.0 Å². The summed E-state index contributed by atoms with van der Waals surface area (Å²) in [6.07, 6.45) is 0.834. The zero-order valence-corrected chi connectivity index (χ0v) is 12.7. The summed E-state index contributed by atoms with van der Waals surface area (Å²) in [7, 11) is 4.56. The highest BCUT2D eigenvalue weighted by atomic mass is 16.5. The van der Waals surface area contributed by atoms with Crippen LogP contribution in [0.4, 0.5) is 5.69 Å². The Morgan fingerprint density at radius 1 is 1.33 bits per heavy atom. The summed E-state index contributed by atoms with van der Waals surface area (Å²) in [6.45, 7) is 1.53. The van der Waals surface area contributed by atoms with E-state index in [1.54, 1.807) is 19.2 Å². The molecule has 1 aromatic carbocycles. The highest BCUT2D eigenvalue weighted by Crippen LogP contribution is 2.27. The lowest BCUT2D eigenvalue weighted by molar-refractivity contribution is 0.0597. The second kappa shape index (κ2) is 6.78. The van der Waals surface area contributed by atoms with E-state index in [-0.39, 0.29) is 12.1 Å². The van der Waals surface area contributed by atoms with E-state index in [0.29, 0.717) is 17.9 Å². The van der Waals surface area contributed by atoms with Crippen molar-refractivity contribution in [3.8, 4) is 5.75 Å². The van der Waals surface area contributed by atoms with Gasteiger partial charge in [-0.1, -0.05) is 0 Å². The fourth-order valence-corrected chi connectivity index (χ4v) is 2.58. The fraction of sp³-hybridized carbons (Fsp3) is 0.533. The molecule has 1 heterocycles. The van der Waals surface area contributed by atoms with Gasteiger partial charge in [-0.3, -0.25) is 0 Å². The first-order chi connectivity index (χ1) is 10.1. The molecule has 1 aliphatic heterocycles. The molecule has 116 valence electrons. The van der Waals surface area contributed by atoms with E-state index < -0.39 is 5.97 Å². The van der Waals surface area contributed by atoms with E-state index in [1.165, 1.54) is 14.2 Å². The van der Waals surface area contributed by atoms with Crippen molar-refractivity contribution in [2.75, 3.05) is 39.3 Å². The quantitative estimate of drug-likeness (QED) is 0.836. The first-order valence-corrected chi connectivity index (χ1v) is 6.90. The van der Waals surface area contributed by atoms with E-state index in [2.05, 4.69) is 4.90 Å². The summed E-state index contributed by atoms with van der Waals surface area (Å²) in [4.78, 5) is 14.0. The van der Waals surface area contributed by atoms with Crippen molar-refractivity contribution in [1.29, 1.82) is 0 Å². The number of carbonyl (C=O) groups is 1.